The molecule has 1 saturated heterocycles. The Balaban J connectivity index is 1.85. The first kappa shape index (κ1) is 17.1. The van der Waals surface area contributed by atoms with Gasteiger partial charge in [-0.1, -0.05) is 0 Å². The first-order chi connectivity index (χ1) is 10.6. The lowest BCUT2D eigenvalue weighted by molar-refractivity contribution is -0.161. The minimum Gasteiger partial charge on any atom is -0.383 e. The third kappa shape index (κ3) is 5.19. The smallest absolute Gasteiger partial charge is 0.215 e. The van der Waals surface area contributed by atoms with Crippen LogP contribution in [0, 0.1) is 6.92 Å². The van der Waals surface area contributed by atoms with Crippen molar-refractivity contribution in [1.29, 1.82) is 0 Å². The van der Waals surface area contributed by atoms with Crippen molar-refractivity contribution in [3.05, 3.63) is 27.9 Å². The SMILES string of the molecule is Cc1nc(C(=O)C=CN(C)C)sc1CCOC1CCCCO1. The molecule has 6 heteroatoms. The number of rotatable bonds is 7. The third-order valence-corrected chi connectivity index (χ3v) is 4.63. The van der Waals surface area contributed by atoms with Crippen LogP contribution < -0.4 is 0 Å². The fraction of sp³-hybridized carbons (Fsp3) is 0.625. The van der Waals surface area contributed by atoms with Crippen LogP contribution in [0.5, 0.6) is 0 Å². The Hall–Kier alpha value is -1.24. The topological polar surface area (TPSA) is 51.7 Å². The Labute approximate surface area is 135 Å². The van der Waals surface area contributed by atoms with E-state index in [9.17, 15) is 4.79 Å². The van der Waals surface area contributed by atoms with E-state index < -0.39 is 0 Å². The average molecular weight is 324 g/mol. The summed E-state index contributed by atoms with van der Waals surface area (Å²) in [5, 5.41) is 0.541. The monoisotopic (exact) mass is 324 g/mol. The average Bonchev–Trinajstić information content (AvgIpc) is 2.87. The van der Waals surface area contributed by atoms with Crippen molar-refractivity contribution in [1.82, 2.24) is 9.88 Å². The maximum Gasteiger partial charge on any atom is 0.215 e. The molecular formula is C16H24N2O3S. The number of allylic oxidation sites excluding steroid dienone is 1. The normalized spacial score (nSPS) is 18.8. The van der Waals surface area contributed by atoms with Gasteiger partial charge in [-0.15, -0.1) is 11.3 Å². The van der Waals surface area contributed by atoms with Crippen LogP contribution in [0.4, 0.5) is 0 Å². The molecule has 1 aliphatic heterocycles. The van der Waals surface area contributed by atoms with Gasteiger partial charge in [0.25, 0.3) is 0 Å². The molecule has 1 aliphatic rings. The highest BCUT2D eigenvalue weighted by Crippen LogP contribution is 2.20. The van der Waals surface area contributed by atoms with E-state index in [2.05, 4.69) is 4.98 Å². The number of carbonyl (C=O) groups is 1. The van der Waals surface area contributed by atoms with E-state index in [0.29, 0.717) is 11.6 Å². The van der Waals surface area contributed by atoms with E-state index in [4.69, 9.17) is 9.47 Å². The van der Waals surface area contributed by atoms with E-state index in [1.54, 1.807) is 12.3 Å². The van der Waals surface area contributed by atoms with Crippen LogP contribution in [-0.2, 0) is 15.9 Å². The molecule has 0 radical (unpaired) electrons. The molecule has 1 unspecified atom stereocenters. The van der Waals surface area contributed by atoms with Crippen LogP contribution in [0.1, 0.15) is 39.6 Å². The largest absolute Gasteiger partial charge is 0.383 e. The summed E-state index contributed by atoms with van der Waals surface area (Å²) in [5.41, 5.74) is 0.916. The highest BCUT2D eigenvalue weighted by Gasteiger charge is 2.16. The van der Waals surface area contributed by atoms with E-state index >= 15 is 0 Å². The minimum atomic E-state index is -0.0638. The van der Waals surface area contributed by atoms with Gasteiger partial charge in [0.15, 0.2) is 11.3 Å². The van der Waals surface area contributed by atoms with Gasteiger partial charge in [0, 0.05) is 44.3 Å². The molecule has 0 aromatic carbocycles. The van der Waals surface area contributed by atoms with Gasteiger partial charge >= 0.3 is 0 Å². The second-order valence-electron chi connectivity index (χ2n) is 5.59. The van der Waals surface area contributed by atoms with Gasteiger partial charge in [0.05, 0.1) is 12.3 Å². The summed E-state index contributed by atoms with van der Waals surface area (Å²) < 4.78 is 11.3. The number of thiazole rings is 1. The van der Waals surface area contributed by atoms with Crippen molar-refractivity contribution in [2.24, 2.45) is 0 Å². The maximum absolute atomic E-state index is 12.0. The number of nitrogens with zero attached hydrogens (tertiary/aromatic N) is 2. The zero-order chi connectivity index (χ0) is 15.9. The molecular weight excluding hydrogens is 300 g/mol. The summed E-state index contributed by atoms with van der Waals surface area (Å²) in [7, 11) is 3.76. The number of aryl methyl sites for hydroxylation is 1. The van der Waals surface area contributed by atoms with Gasteiger partial charge in [0.2, 0.25) is 5.78 Å². The molecule has 2 heterocycles. The molecule has 0 saturated carbocycles. The predicted octanol–water partition coefficient (Wildman–Crippen LogP) is 2.80. The summed E-state index contributed by atoms with van der Waals surface area (Å²) in [4.78, 5) is 19.3. The second-order valence-corrected chi connectivity index (χ2v) is 6.67. The Bertz CT molecular complexity index is 519. The Morgan fingerprint density at radius 1 is 1.50 bits per heavy atom. The number of carbonyl (C=O) groups excluding carboxylic acids is 1. The van der Waals surface area contributed by atoms with E-state index in [1.807, 2.05) is 25.9 Å². The molecule has 0 spiro atoms. The van der Waals surface area contributed by atoms with Crippen LogP contribution in [-0.4, -0.2) is 49.3 Å². The molecule has 0 aliphatic carbocycles. The Morgan fingerprint density at radius 2 is 2.32 bits per heavy atom. The number of hydrogen-bond donors (Lipinski definition) is 0. The van der Waals surface area contributed by atoms with E-state index in [-0.39, 0.29) is 12.1 Å². The van der Waals surface area contributed by atoms with Gasteiger partial charge in [0.1, 0.15) is 0 Å². The standard InChI is InChI=1S/C16H24N2O3S/c1-12-14(8-11-21-15-6-4-5-10-20-15)22-16(17-12)13(19)7-9-18(2)3/h7,9,15H,4-6,8,10-11H2,1-3H3. The fourth-order valence-electron chi connectivity index (χ4n) is 2.18. The van der Waals surface area contributed by atoms with Crippen LogP contribution in [0.3, 0.4) is 0 Å². The van der Waals surface area contributed by atoms with E-state index in [1.165, 1.54) is 17.8 Å². The lowest BCUT2D eigenvalue weighted by Crippen LogP contribution is -2.23. The number of ketones is 1. The van der Waals surface area contributed by atoms with Crippen LogP contribution in [0.2, 0.25) is 0 Å². The summed E-state index contributed by atoms with van der Waals surface area (Å²) in [6.07, 6.45) is 7.26. The molecule has 1 atom stereocenters. The summed E-state index contributed by atoms with van der Waals surface area (Å²) >= 11 is 1.45. The van der Waals surface area contributed by atoms with Crippen molar-refractivity contribution in [3.63, 3.8) is 0 Å². The molecule has 2 rings (SSSR count). The third-order valence-electron chi connectivity index (χ3n) is 3.40. The second kappa shape index (κ2) is 8.41. The quantitative estimate of drug-likeness (QED) is 0.570. The summed E-state index contributed by atoms with van der Waals surface area (Å²) in [6, 6.07) is 0. The molecule has 22 heavy (non-hydrogen) atoms. The molecule has 1 aromatic rings. The highest BCUT2D eigenvalue weighted by molar-refractivity contribution is 7.13. The van der Waals surface area contributed by atoms with Gasteiger partial charge in [-0.3, -0.25) is 4.79 Å². The van der Waals surface area contributed by atoms with Crippen LogP contribution >= 0.6 is 11.3 Å². The summed E-state index contributed by atoms with van der Waals surface area (Å²) in [6.45, 7) is 3.34. The zero-order valence-corrected chi connectivity index (χ0v) is 14.3. The van der Waals surface area contributed by atoms with Gasteiger partial charge < -0.3 is 14.4 Å². The fourth-order valence-corrected chi connectivity index (χ4v) is 3.14. The number of hydrogen-bond acceptors (Lipinski definition) is 6. The Morgan fingerprint density at radius 3 is 3.00 bits per heavy atom. The lowest BCUT2D eigenvalue weighted by Gasteiger charge is -2.22. The molecule has 5 nitrogen and oxygen atoms in total. The van der Waals surface area contributed by atoms with Gasteiger partial charge in [-0.2, -0.15) is 0 Å². The first-order valence-electron chi connectivity index (χ1n) is 7.64. The number of aromatic nitrogens is 1. The van der Waals surface area contributed by atoms with Crippen molar-refractivity contribution >= 4 is 17.1 Å². The van der Waals surface area contributed by atoms with E-state index in [0.717, 1.165) is 36.4 Å². The van der Waals surface area contributed by atoms with Gasteiger partial charge in [-0.25, -0.2) is 4.98 Å². The van der Waals surface area contributed by atoms with Gasteiger partial charge in [-0.05, 0) is 26.2 Å². The minimum absolute atomic E-state index is 0.0513. The molecule has 0 bridgehead atoms. The number of ether oxygens (including phenoxy) is 2. The van der Waals surface area contributed by atoms with Crippen molar-refractivity contribution < 1.29 is 14.3 Å². The zero-order valence-electron chi connectivity index (χ0n) is 13.5. The molecule has 0 N–H and O–H groups in total. The van der Waals surface area contributed by atoms with Crippen molar-refractivity contribution in [2.45, 2.75) is 38.9 Å². The summed E-state index contributed by atoms with van der Waals surface area (Å²) in [5.74, 6) is -0.0513. The van der Waals surface area contributed by atoms with Crippen LogP contribution in [0.15, 0.2) is 12.3 Å². The predicted molar refractivity (Wildman–Crippen MR) is 87.3 cm³/mol. The van der Waals surface area contributed by atoms with Crippen LogP contribution in [0.25, 0.3) is 0 Å². The highest BCUT2D eigenvalue weighted by atomic mass is 32.1. The maximum atomic E-state index is 12.0. The molecule has 1 fully saturated rings. The molecule has 1 aromatic heterocycles. The lowest BCUT2D eigenvalue weighted by atomic mass is 10.2. The van der Waals surface area contributed by atoms with Crippen molar-refractivity contribution in [2.75, 3.05) is 27.3 Å². The molecule has 122 valence electrons. The van der Waals surface area contributed by atoms with Crippen molar-refractivity contribution in [3.8, 4) is 0 Å². The first-order valence-corrected chi connectivity index (χ1v) is 8.46. The molecule has 0 amide bonds. The Kier molecular flexibility index (Phi) is 6.54.